The van der Waals surface area contributed by atoms with Crippen molar-refractivity contribution in [2.45, 2.75) is 224 Å². The molecule has 0 amide bonds. The molecule has 18 nitrogen and oxygen atoms in total. The second-order valence-corrected chi connectivity index (χ2v) is 20.5. The number of carbonyl (C=O) groups excluding carboxylic acids is 3. The lowest BCUT2D eigenvalue weighted by Gasteiger charge is -2.51. The molecule has 372 valence electrons. The Balaban J connectivity index is 1.97. The highest BCUT2D eigenvalue weighted by Gasteiger charge is 2.56. The SMILES string of the molecule is CCC1OC(=O)C(C)C(OC2CC(C)(O)C(OC(C)=O)C(C)O2)C(C)C(OC2OC(C)CC(N(C)C)C2O)C(C)(OC2CC(N(C)C)C(O)C(C)O2)CC(C)C(=O)C(C)C(O)C1(C)O. The van der Waals surface area contributed by atoms with E-state index in [1.165, 1.54) is 27.7 Å². The highest BCUT2D eigenvalue weighted by atomic mass is 16.7. The van der Waals surface area contributed by atoms with Crippen LogP contribution < -0.4 is 0 Å². The zero-order valence-corrected chi connectivity index (χ0v) is 41.1. The summed E-state index contributed by atoms with van der Waals surface area (Å²) < 4.78 is 51.5. The summed E-state index contributed by atoms with van der Waals surface area (Å²) in [6.45, 7) is 19.4. The van der Waals surface area contributed by atoms with E-state index in [1.54, 1.807) is 48.5 Å². The number of Topliss-reactive ketones (excluding diaryl/α,β-unsaturated/α-hetero) is 1. The van der Waals surface area contributed by atoms with Crippen LogP contribution in [0.3, 0.4) is 0 Å². The quantitative estimate of drug-likeness (QED) is 0.198. The summed E-state index contributed by atoms with van der Waals surface area (Å²) in [5.41, 5.74) is -5.26. The Morgan fingerprint density at radius 1 is 0.766 bits per heavy atom. The molecule has 22 atom stereocenters. The van der Waals surface area contributed by atoms with E-state index in [9.17, 15) is 39.9 Å². The van der Waals surface area contributed by atoms with Gasteiger partial charge in [0.15, 0.2) is 25.0 Å². The fraction of sp³-hybridized carbons (Fsp3) is 0.935. The van der Waals surface area contributed by atoms with Gasteiger partial charge < -0.3 is 73.2 Å². The number of aliphatic hydroxyl groups is 5. The van der Waals surface area contributed by atoms with Gasteiger partial charge >= 0.3 is 11.9 Å². The number of aliphatic hydroxyl groups excluding tert-OH is 3. The van der Waals surface area contributed by atoms with Crippen molar-refractivity contribution in [3.8, 4) is 0 Å². The van der Waals surface area contributed by atoms with E-state index >= 15 is 0 Å². The lowest BCUT2D eigenvalue weighted by atomic mass is 9.73. The van der Waals surface area contributed by atoms with Crippen LogP contribution in [0.25, 0.3) is 0 Å². The first kappa shape index (κ1) is 54.7. The van der Waals surface area contributed by atoms with Crippen molar-refractivity contribution in [2.24, 2.45) is 23.7 Å². The number of nitrogens with zero attached hydrogens (tertiary/aromatic N) is 2. The molecule has 0 aromatic heterocycles. The molecule has 64 heavy (non-hydrogen) atoms. The number of carbonyl (C=O) groups is 3. The van der Waals surface area contributed by atoms with Gasteiger partial charge in [0, 0.05) is 49.6 Å². The third-order valence-electron chi connectivity index (χ3n) is 14.3. The normalized spacial score (nSPS) is 48.1. The molecule has 22 unspecified atom stereocenters. The van der Waals surface area contributed by atoms with Crippen molar-refractivity contribution in [3.05, 3.63) is 0 Å². The first-order chi connectivity index (χ1) is 29.5. The zero-order chi connectivity index (χ0) is 48.5. The Morgan fingerprint density at radius 2 is 1.34 bits per heavy atom. The molecule has 18 heteroatoms. The zero-order valence-electron chi connectivity index (χ0n) is 41.1. The molecule has 5 N–H and O–H groups in total. The van der Waals surface area contributed by atoms with Gasteiger partial charge in [-0.15, -0.1) is 0 Å². The van der Waals surface area contributed by atoms with Crippen LogP contribution in [0.5, 0.6) is 0 Å². The highest BCUT2D eigenvalue weighted by molar-refractivity contribution is 5.83. The van der Waals surface area contributed by atoms with Gasteiger partial charge in [-0.3, -0.25) is 14.4 Å². The van der Waals surface area contributed by atoms with E-state index in [2.05, 4.69) is 0 Å². The Kier molecular flexibility index (Phi) is 18.4. The minimum atomic E-state index is -2.06. The van der Waals surface area contributed by atoms with Crippen LogP contribution >= 0.6 is 0 Å². The Morgan fingerprint density at radius 3 is 1.89 bits per heavy atom. The molecule has 4 saturated heterocycles. The molecule has 4 rings (SSSR count). The number of ether oxygens (including phenoxy) is 8. The van der Waals surface area contributed by atoms with Crippen molar-refractivity contribution in [1.82, 2.24) is 9.80 Å². The van der Waals surface area contributed by atoms with E-state index in [0.717, 1.165) is 0 Å². The number of cyclic esters (lactones) is 1. The monoisotopic (exact) mass is 919 g/mol. The molecule has 0 spiro atoms. The first-order valence-electron chi connectivity index (χ1n) is 23.2. The van der Waals surface area contributed by atoms with Gasteiger partial charge in [-0.05, 0) is 95.9 Å². The van der Waals surface area contributed by atoms with Crippen LogP contribution in [-0.2, 0) is 52.3 Å². The molecule has 4 fully saturated rings. The van der Waals surface area contributed by atoms with Crippen LogP contribution in [0.4, 0.5) is 0 Å². The van der Waals surface area contributed by atoms with Gasteiger partial charge in [0.25, 0.3) is 0 Å². The van der Waals surface area contributed by atoms with Gasteiger partial charge in [-0.2, -0.15) is 0 Å². The second kappa shape index (κ2) is 21.6. The maximum absolute atomic E-state index is 14.6. The fourth-order valence-electron chi connectivity index (χ4n) is 10.6. The van der Waals surface area contributed by atoms with Crippen LogP contribution in [0.2, 0.25) is 0 Å². The minimum Gasteiger partial charge on any atom is -0.459 e. The molecule has 0 aliphatic carbocycles. The average molecular weight is 919 g/mol. The van der Waals surface area contributed by atoms with E-state index in [1.807, 2.05) is 44.9 Å². The molecule has 0 aromatic carbocycles. The summed E-state index contributed by atoms with van der Waals surface area (Å²) in [5, 5.41) is 58.4. The summed E-state index contributed by atoms with van der Waals surface area (Å²) in [6.07, 6.45) is -13.1. The van der Waals surface area contributed by atoms with Crippen LogP contribution in [0, 0.1) is 23.7 Å². The molecular weight excluding hydrogens is 837 g/mol. The smallest absolute Gasteiger partial charge is 0.311 e. The lowest BCUT2D eigenvalue weighted by molar-refractivity contribution is -0.340. The lowest BCUT2D eigenvalue weighted by Crippen LogP contribution is -2.63. The predicted octanol–water partition coefficient (Wildman–Crippen LogP) is 2.15. The average Bonchev–Trinajstić information content (AvgIpc) is 3.19. The van der Waals surface area contributed by atoms with E-state index < -0.39 is 132 Å². The third kappa shape index (κ3) is 12.2. The molecule has 0 saturated carbocycles. The topological polar surface area (TPSA) is 233 Å². The number of likely N-dealkylation sites (N-methyl/N-ethyl adjacent to an activating group) is 2. The largest absolute Gasteiger partial charge is 0.459 e. The van der Waals surface area contributed by atoms with E-state index in [4.69, 9.17) is 37.9 Å². The van der Waals surface area contributed by atoms with Gasteiger partial charge in [0.05, 0.1) is 54.2 Å². The maximum Gasteiger partial charge on any atom is 0.311 e. The summed E-state index contributed by atoms with van der Waals surface area (Å²) in [6, 6.07) is -0.771. The maximum atomic E-state index is 14.6. The Labute approximate surface area is 380 Å². The second-order valence-electron chi connectivity index (χ2n) is 20.5. The number of hydrogen-bond donors (Lipinski definition) is 5. The number of hydrogen-bond acceptors (Lipinski definition) is 18. The first-order valence-corrected chi connectivity index (χ1v) is 23.2. The molecule has 0 radical (unpaired) electrons. The summed E-state index contributed by atoms with van der Waals surface area (Å²) in [7, 11) is 7.39. The molecule has 0 bridgehead atoms. The van der Waals surface area contributed by atoms with Crippen molar-refractivity contribution < 1.29 is 77.8 Å². The third-order valence-corrected chi connectivity index (χ3v) is 14.3. The number of rotatable bonds is 10. The predicted molar refractivity (Wildman–Crippen MR) is 232 cm³/mol. The van der Waals surface area contributed by atoms with Crippen LogP contribution in [-0.4, -0.2) is 190 Å². The van der Waals surface area contributed by atoms with Crippen molar-refractivity contribution in [2.75, 3.05) is 28.2 Å². The van der Waals surface area contributed by atoms with Crippen molar-refractivity contribution in [1.29, 1.82) is 0 Å². The number of ketones is 1. The molecule has 4 aliphatic rings. The molecule has 0 aromatic rings. The minimum absolute atomic E-state index is 0.0581. The number of esters is 2. The van der Waals surface area contributed by atoms with Gasteiger partial charge in [-0.1, -0.05) is 27.7 Å². The van der Waals surface area contributed by atoms with Gasteiger partial charge in [-0.25, -0.2) is 0 Å². The fourth-order valence-corrected chi connectivity index (χ4v) is 10.6. The highest BCUT2D eigenvalue weighted by Crippen LogP contribution is 2.43. The summed E-state index contributed by atoms with van der Waals surface area (Å²) >= 11 is 0. The van der Waals surface area contributed by atoms with Crippen LogP contribution in [0.15, 0.2) is 0 Å². The standard InChI is InChI=1S/C46H82N2O16/c1-17-32-46(12,56)39(53)24(4)35(50)22(2)20-45(11,64-33-19-31(48(15)16)36(51)27(7)58-33)40(63-43-37(52)30(47(13)14)18-23(3)57-43)25(5)38(26(6)42(54)61-32)62-34-21-44(10,55)41(28(8)59-34)60-29(9)49/h22-28,30-34,36-41,43,51-53,55-56H,17-21H2,1-16H3. The Bertz CT molecular complexity index is 1560. The molecule has 4 aliphatic heterocycles. The van der Waals surface area contributed by atoms with E-state index in [-0.39, 0.29) is 43.9 Å². The van der Waals surface area contributed by atoms with Gasteiger partial charge in [0.1, 0.15) is 29.2 Å². The summed E-state index contributed by atoms with van der Waals surface area (Å²) in [4.78, 5) is 44.9. The Hall–Kier alpha value is -1.91. The molecule has 4 heterocycles. The van der Waals surface area contributed by atoms with Crippen molar-refractivity contribution in [3.63, 3.8) is 0 Å². The van der Waals surface area contributed by atoms with E-state index in [0.29, 0.717) is 6.42 Å². The summed E-state index contributed by atoms with van der Waals surface area (Å²) in [5.74, 6) is -5.89. The van der Waals surface area contributed by atoms with Crippen LogP contribution in [0.1, 0.15) is 115 Å². The molecular formula is C46H82N2O16. The van der Waals surface area contributed by atoms with Gasteiger partial charge in [0.2, 0.25) is 0 Å². The van der Waals surface area contributed by atoms with Crippen molar-refractivity contribution >= 4 is 17.7 Å².